The van der Waals surface area contributed by atoms with Gasteiger partial charge in [-0.05, 0) is 253 Å². The second-order valence-corrected chi connectivity index (χ2v) is 44.3. The molecule has 6 nitrogen and oxygen atoms in total. The zero-order valence-corrected chi connectivity index (χ0v) is 67.0. The average molecular weight is 1980 g/mol. The molecule has 9 fully saturated rings. The topological polar surface area (TPSA) is 78.9 Å². The van der Waals surface area contributed by atoms with E-state index < -0.39 is 0 Å². The molecular formula is C72H134I7O6-. The van der Waals surface area contributed by atoms with Crippen LogP contribution in [0, 0.1) is 112 Å². The van der Waals surface area contributed by atoms with Gasteiger partial charge in [0.1, 0.15) is 18.3 Å². The predicted molar refractivity (Wildman–Crippen MR) is 422 cm³/mol. The van der Waals surface area contributed by atoms with Gasteiger partial charge in [-0.25, -0.2) is 0 Å². The van der Waals surface area contributed by atoms with Crippen LogP contribution in [0.1, 0.15) is 315 Å². The van der Waals surface area contributed by atoms with Crippen LogP contribution in [0.15, 0.2) is 0 Å². The van der Waals surface area contributed by atoms with Crippen molar-refractivity contribution in [2.45, 2.75) is 326 Å². The fraction of sp³-hybridized carbons (Fsp3) is 0.903. The Hall–Kier alpha value is 2.64. The van der Waals surface area contributed by atoms with Crippen molar-refractivity contribution in [2.24, 2.45) is 88.8 Å². The van der Waals surface area contributed by atoms with Crippen LogP contribution >= 0.6 is 112 Å². The van der Waals surface area contributed by atoms with Crippen molar-refractivity contribution in [1.82, 2.24) is 0 Å². The summed E-state index contributed by atoms with van der Waals surface area (Å²) in [7, 11) is 0. The van der Waals surface area contributed by atoms with Gasteiger partial charge in [0.2, 0.25) is 0 Å². The standard InChI is InChI=1S/C24H40.C23H36O2.C22H36O4.3CH4.I3.2I2.5H2/c1-19-3-7-21(8-4-19)11-13-23-15-17-24(18-16-23)14-12-22-9-5-20(2)6-10-22;1-17-3-7-19(8-4-17)9-10-20-11-13-21(14-12-20)23(24)25-22-15-5-18(2)6-16-22;1-15-3-11-19(12-4-15)25-21(23)17-7-9-18(10-8-17)22(24)26-20-13-5-16(2)6-14-20;;;;1-3-2;2*1-2;;;;;/h19-24H,3-11,13,15-18H2,1-2H3;17-22H,3-8,11-16H2,1-2H3;15-20H,3-14H2,1-2H3;3*1H4;;;;5*1H/q;;;;;;-1;;;;;;;. The maximum absolute atomic E-state index is 12.4. The van der Waals surface area contributed by atoms with E-state index >= 15 is 0 Å². The van der Waals surface area contributed by atoms with Crippen LogP contribution in [0.3, 0.4) is 0 Å². The van der Waals surface area contributed by atoms with E-state index in [0.29, 0.717) is 25.1 Å². The van der Waals surface area contributed by atoms with Gasteiger partial charge < -0.3 is 14.2 Å². The Morgan fingerprint density at radius 2 is 0.482 bits per heavy atom. The minimum atomic E-state index is -0.0300. The Bertz CT molecular complexity index is 1800. The van der Waals surface area contributed by atoms with Gasteiger partial charge in [0.15, 0.2) is 0 Å². The third-order valence-electron chi connectivity index (χ3n) is 21.2. The molecule has 0 aromatic heterocycles. The molecule has 0 atom stereocenters. The number of ether oxygens (including phenoxy) is 3. The maximum atomic E-state index is 12.4. The van der Waals surface area contributed by atoms with Crippen molar-refractivity contribution < 1.29 is 49.0 Å². The number of hydrogen-bond acceptors (Lipinski definition) is 6. The van der Waals surface area contributed by atoms with Gasteiger partial charge in [-0.15, -0.1) is 0 Å². The average Bonchev–Trinajstić information content (AvgIpc) is 3.69. The molecule has 0 spiro atoms. The summed E-state index contributed by atoms with van der Waals surface area (Å²) in [6.07, 6.45) is 46.4. The van der Waals surface area contributed by atoms with Gasteiger partial charge in [-0.1, -0.05) is 126 Å². The Morgan fingerprint density at radius 3 is 0.718 bits per heavy atom. The van der Waals surface area contributed by atoms with Crippen LogP contribution in [-0.2, 0) is 28.6 Å². The van der Waals surface area contributed by atoms with Crippen molar-refractivity contribution in [2.75, 3.05) is 0 Å². The normalized spacial score (nSPS) is 35.1. The molecule has 9 aliphatic rings. The van der Waals surface area contributed by atoms with Crippen molar-refractivity contribution in [3.8, 4) is 23.7 Å². The molecule has 0 unspecified atom stereocenters. The maximum Gasteiger partial charge on any atom is 0 e. The SMILES string of the molecule is C.C.C.CC1CCC(C#CC2CCC(C(=O)OC3CCC(C)CC3)CC2)CC1.CC1CCC(C#CC2CCC(CCC3CCC(C)CC3)CC2)CC1.CC1CCC(OC(=O)C2CCC(C(=O)OC3CCC(C)CC3)CC2)CC1.II.II.I[I-]I.[HH].[HH].[HH].[HH].[HH]. The first-order valence-electron chi connectivity index (χ1n) is 33.5. The summed E-state index contributed by atoms with van der Waals surface area (Å²) in [5.74, 6) is 24.4. The molecule has 508 valence electrons. The molecule has 0 saturated heterocycles. The number of esters is 3. The van der Waals surface area contributed by atoms with Crippen LogP contribution in [0.25, 0.3) is 0 Å². The van der Waals surface area contributed by atoms with Crippen LogP contribution < -0.4 is 13.3 Å². The second-order valence-electron chi connectivity index (χ2n) is 28.0. The fourth-order valence-electron chi connectivity index (χ4n) is 14.8. The van der Waals surface area contributed by atoms with Gasteiger partial charge in [-0.2, -0.15) is 0 Å². The Balaban J connectivity index is -0.000000366. The van der Waals surface area contributed by atoms with E-state index in [0.717, 1.165) is 175 Å². The van der Waals surface area contributed by atoms with E-state index in [1.54, 1.807) is 0 Å². The minimum absolute atomic E-state index is 0. The molecule has 0 aromatic carbocycles. The van der Waals surface area contributed by atoms with E-state index in [4.69, 9.17) is 14.2 Å². The Kier molecular flexibility index (Phi) is 51.4. The minimum Gasteiger partial charge on any atom is 0 e. The van der Waals surface area contributed by atoms with Crippen molar-refractivity contribution in [3.05, 3.63) is 0 Å². The molecule has 0 N–H and O–H groups in total. The summed E-state index contributed by atoms with van der Waals surface area (Å²) in [6.45, 7) is 14.0. The van der Waals surface area contributed by atoms with E-state index in [9.17, 15) is 14.4 Å². The van der Waals surface area contributed by atoms with Crippen LogP contribution in [0.5, 0.6) is 0 Å². The van der Waals surface area contributed by atoms with E-state index in [1.165, 1.54) is 128 Å². The Morgan fingerprint density at radius 1 is 0.318 bits per heavy atom. The monoisotopic (exact) mass is 1980 g/mol. The molecule has 9 aliphatic carbocycles. The van der Waals surface area contributed by atoms with Gasteiger partial charge in [0.25, 0.3) is 0 Å². The molecule has 85 heavy (non-hydrogen) atoms. The van der Waals surface area contributed by atoms with Crippen LogP contribution in [0.4, 0.5) is 0 Å². The molecule has 0 heterocycles. The summed E-state index contributed by atoms with van der Waals surface area (Å²) in [4.78, 5) is 37.3. The predicted octanol–water partition coefficient (Wildman–Crippen LogP) is 23.5. The molecule has 0 radical (unpaired) electrons. The summed E-state index contributed by atoms with van der Waals surface area (Å²) in [6, 6.07) is 0. The number of hydrogen-bond donors (Lipinski definition) is 0. The summed E-state index contributed by atoms with van der Waals surface area (Å²) in [5.41, 5.74) is 0. The molecule has 0 amide bonds. The fourth-order valence-corrected chi connectivity index (χ4v) is 14.8. The zero-order valence-electron chi connectivity index (χ0n) is 51.9. The summed E-state index contributed by atoms with van der Waals surface area (Å²) >= 11 is 13.8. The van der Waals surface area contributed by atoms with Gasteiger partial charge in [0.05, 0.1) is 17.8 Å². The molecule has 0 aromatic rings. The van der Waals surface area contributed by atoms with E-state index in [-0.39, 0.29) is 83.4 Å². The van der Waals surface area contributed by atoms with Crippen LogP contribution in [0.2, 0.25) is 0 Å². The molecule has 9 rings (SSSR count). The van der Waals surface area contributed by atoms with Gasteiger partial charge in [0, 0.05) is 105 Å². The van der Waals surface area contributed by atoms with Crippen molar-refractivity contribution in [3.63, 3.8) is 0 Å². The van der Waals surface area contributed by atoms with E-state index in [2.05, 4.69) is 177 Å². The molecule has 13 heteroatoms. The number of carbonyl (C=O) groups excluding carboxylic acids is 3. The number of halogens is 7. The first-order chi connectivity index (χ1) is 39.7. The number of rotatable bonds is 9. The quantitative estimate of drug-likeness (QED) is 0.0991. The smallest absolute Gasteiger partial charge is 0 e. The molecule has 9 saturated carbocycles. The summed E-state index contributed by atoms with van der Waals surface area (Å²) in [5, 5.41) is 0. The molecular weight excluding hydrogens is 1850 g/mol. The molecule has 0 bridgehead atoms. The first kappa shape index (κ1) is 85.7. The largest absolute Gasteiger partial charge is 0 e. The van der Waals surface area contributed by atoms with Gasteiger partial charge >= 0.3 is 68.4 Å². The van der Waals surface area contributed by atoms with Gasteiger partial charge in [-0.3, -0.25) is 14.4 Å². The second kappa shape index (κ2) is 51.0. The van der Waals surface area contributed by atoms with Crippen LogP contribution in [-0.4, -0.2) is 36.2 Å². The van der Waals surface area contributed by atoms with E-state index in [1.807, 2.05) is 0 Å². The number of carbonyl (C=O) groups is 3. The zero-order chi connectivity index (χ0) is 59.7. The Labute approximate surface area is 609 Å². The third-order valence-corrected chi connectivity index (χ3v) is 21.2. The van der Waals surface area contributed by atoms with Crippen molar-refractivity contribution >= 4 is 130 Å². The summed E-state index contributed by atoms with van der Waals surface area (Å²) < 4.78 is 17.3. The first-order valence-corrected chi connectivity index (χ1v) is 58.6. The third kappa shape index (κ3) is 35.8. The van der Waals surface area contributed by atoms with Crippen molar-refractivity contribution in [1.29, 1.82) is 0 Å². The molecule has 0 aliphatic heterocycles.